The van der Waals surface area contributed by atoms with Crippen molar-refractivity contribution in [1.29, 1.82) is 0 Å². The standard InChI is InChI=1S/C8H6BrN3/c9-7-4-11-12-8-2-1-5(10)3-6(7)8/h1-4H,10H2. The normalized spacial score (nSPS) is 10.4. The molecular weight excluding hydrogens is 218 g/mol. The third-order valence-corrected chi connectivity index (χ3v) is 2.25. The largest absolute Gasteiger partial charge is 0.399 e. The number of rotatable bonds is 0. The van der Waals surface area contributed by atoms with Crippen LogP contribution in [0.4, 0.5) is 5.69 Å². The van der Waals surface area contributed by atoms with Crippen LogP contribution in [0.25, 0.3) is 10.9 Å². The van der Waals surface area contributed by atoms with E-state index in [1.54, 1.807) is 6.20 Å². The highest BCUT2D eigenvalue weighted by molar-refractivity contribution is 9.10. The summed E-state index contributed by atoms with van der Waals surface area (Å²) in [6, 6.07) is 5.53. The van der Waals surface area contributed by atoms with E-state index in [2.05, 4.69) is 26.1 Å². The van der Waals surface area contributed by atoms with E-state index in [1.165, 1.54) is 0 Å². The molecule has 2 N–H and O–H groups in total. The zero-order valence-electron chi connectivity index (χ0n) is 6.16. The summed E-state index contributed by atoms with van der Waals surface area (Å²) < 4.78 is 0.916. The second kappa shape index (κ2) is 2.71. The summed E-state index contributed by atoms with van der Waals surface area (Å²) >= 11 is 3.37. The molecule has 60 valence electrons. The fourth-order valence-corrected chi connectivity index (χ4v) is 1.45. The van der Waals surface area contributed by atoms with Gasteiger partial charge in [0.2, 0.25) is 0 Å². The average molecular weight is 224 g/mol. The van der Waals surface area contributed by atoms with Gasteiger partial charge in [-0.2, -0.15) is 10.2 Å². The van der Waals surface area contributed by atoms with Crippen LogP contribution in [0.1, 0.15) is 0 Å². The van der Waals surface area contributed by atoms with Crippen molar-refractivity contribution in [2.24, 2.45) is 0 Å². The lowest BCUT2D eigenvalue weighted by Crippen LogP contribution is -1.87. The molecule has 1 aromatic carbocycles. The number of nitrogens with zero attached hydrogens (tertiary/aromatic N) is 2. The zero-order chi connectivity index (χ0) is 8.55. The predicted molar refractivity (Wildman–Crippen MR) is 51.7 cm³/mol. The predicted octanol–water partition coefficient (Wildman–Crippen LogP) is 1.97. The molecule has 0 unspecified atom stereocenters. The van der Waals surface area contributed by atoms with Crippen LogP contribution in [-0.4, -0.2) is 10.2 Å². The maximum atomic E-state index is 5.62. The van der Waals surface area contributed by atoms with Gasteiger partial charge < -0.3 is 5.73 Å². The van der Waals surface area contributed by atoms with Gasteiger partial charge in [-0.25, -0.2) is 0 Å². The summed E-state index contributed by atoms with van der Waals surface area (Å²) in [5.74, 6) is 0. The van der Waals surface area contributed by atoms with Crippen molar-refractivity contribution in [1.82, 2.24) is 10.2 Å². The molecule has 0 aliphatic carbocycles. The first-order valence-corrected chi connectivity index (χ1v) is 4.23. The first-order valence-electron chi connectivity index (χ1n) is 3.44. The molecule has 2 rings (SSSR count). The van der Waals surface area contributed by atoms with E-state index in [9.17, 15) is 0 Å². The number of hydrogen-bond acceptors (Lipinski definition) is 3. The minimum atomic E-state index is 0.733. The first kappa shape index (κ1) is 7.49. The minimum absolute atomic E-state index is 0.733. The summed E-state index contributed by atoms with van der Waals surface area (Å²) in [5, 5.41) is 8.74. The van der Waals surface area contributed by atoms with Gasteiger partial charge in [0.15, 0.2) is 0 Å². The van der Waals surface area contributed by atoms with E-state index in [0.29, 0.717) is 0 Å². The molecule has 0 bridgehead atoms. The topological polar surface area (TPSA) is 51.8 Å². The molecule has 0 saturated heterocycles. The van der Waals surface area contributed by atoms with Gasteiger partial charge in [-0.1, -0.05) is 0 Å². The smallest absolute Gasteiger partial charge is 0.0942 e. The highest BCUT2D eigenvalue weighted by Crippen LogP contribution is 2.22. The molecule has 0 atom stereocenters. The van der Waals surface area contributed by atoms with Gasteiger partial charge in [0.05, 0.1) is 11.7 Å². The number of anilines is 1. The molecule has 12 heavy (non-hydrogen) atoms. The van der Waals surface area contributed by atoms with Crippen molar-refractivity contribution in [3.05, 3.63) is 28.9 Å². The lowest BCUT2D eigenvalue weighted by molar-refractivity contribution is 1.07. The molecular formula is C8H6BrN3. The highest BCUT2D eigenvalue weighted by Gasteiger charge is 1.99. The molecule has 1 aromatic heterocycles. The maximum absolute atomic E-state index is 5.62. The monoisotopic (exact) mass is 223 g/mol. The highest BCUT2D eigenvalue weighted by atomic mass is 79.9. The van der Waals surface area contributed by atoms with Gasteiger partial charge in [0.1, 0.15) is 0 Å². The number of fused-ring (bicyclic) bond motifs is 1. The van der Waals surface area contributed by atoms with Crippen LogP contribution in [-0.2, 0) is 0 Å². The Morgan fingerprint density at radius 2 is 2.17 bits per heavy atom. The maximum Gasteiger partial charge on any atom is 0.0942 e. The number of aromatic nitrogens is 2. The number of nitrogens with two attached hydrogens (primary N) is 1. The number of hydrogen-bond donors (Lipinski definition) is 1. The molecule has 1 heterocycles. The second-order valence-corrected chi connectivity index (χ2v) is 3.32. The summed E-state index contributed by atoms with van der Waals surface area (Å²) in [6.45, 7) is 0. The van der Waals surface area contributed by atoms with Crippen molar-refractivity contribution in [3.8, 4) is 0 Å². The fraction of sp³-hybridized carbons (Fsp3) is 0. The van der Waals surface area contributed by atoms with Crippen LogP contribution >= 0.6 is 15.9 Å². The van der Waals surface area contributed by atoms with Crippen molar-refractivity contribution in [2.75, 3.05) is 5.73 Å². The molecule has 0 aliphatic rings. The Labute approximate surface area is 77.7 Å². The van der Waals surface area contributed by atoms with Gasteiger partial charge in [-0.15, -0.1) is 0 Å². The van der Waals surface area contributed by atoms with Crippen LogP contribution < -0.4 is 5.73 Å². The van der Waals surface area contributed by atoms with E-state index < -0.39 is 0 Å². The van der Waals surface area contributed by atoms with E-state index in [0.717, 1.165) is 21.1 Å². The lowest BCUT2D eigenvalue weighted by atomic mass is 10.2. The Morgan fingerprint density at radius 1 is 1.33 bits per heavy atom. The van der Waals surface area contributed by atoms with E-state index >= 15 is 0 Å². The molecule has 4 heteroatoms. The third-order valence-electron chi connectivity index (χ3n) is 1.61. The Bertz CT molecular complexity index is 428. The van der Waals surface area contributed by atoms with Crippen LogP contribution in [0.3, 0.4) is 0 Å². The van der Waals surface area contributed by atoms with Gasteiger partial charge >= 0.3 is 0 Å². The van der Waals surface area contributed by atoms with Crippen LogP contribution in [0.15, 0.2) is 28.9 Å². The minimum Gasteiger partial charge on any atom is -0.399 e. The Hall–Kier alpha value is -1.16. The van der Waals surface area contributed by atoms with Crippen molar-refractivity contribution in [3.63, 3.8) is 0 Å². The molecule has 0 saturated carbocycles. The SMILES string of the molecule is Nc1ccc2nncc(Br)c2c1. The molecule has 3 nitrogen and oxygen atoms in total. The van der Waals surface area contributed by atoms with Crippen LogP contribution in [0.2, 0.25) is 0 Å². The number of halogens is 1. The molecule has 0 fully saturated rings. The summed E-state index contributed by atoms with van der Waals surface area (Å²) in [5.41, 5.74) is 7.20. The number of benzene rings is 1. The average Bonchev–Trinajstić information content (AvgIpc) is 2.07. The van der Waals surface area contributed by atoms with Crippen molar-refractivity contribution in [2.45, 2.75) is 0 Å². The second-order valence-electron chi connectivity index (χ2n) is 2.47. The van der Waals surface area contributed by atoms with Crippen LogP contribution in [0.5, 0.6) is 0 Å². The van der Waals surface area contributed by atoms with Gasteiger partial charge in [0, 0.05) is 15.5 Å². The first-order chi connectivity index (χ1) is 5.77. The van der Waals surface area contributed by atoms with Gasteiger partial charge in [-0.05, 0) is 34.1 Å². The van der Waals surface area contributed by atoms with E-state index in [1.807, 2.05) is 18.2 Å². The Morgan fingerprint density at radius 3 is 3.00 bits per heavy atom. The quantitative estimate of drug-likeness (QED) is 0.696. The Balaban J connectivity index is 2.88. The molecule has 0 amide bonds. The number of nitrogen functional groups attached to an aromatic ring is 1. The third kappa shape index (κ3) is 1.14. The fourth-order valence-electron chi connectivity index (χ4n) is 1.04. The molecule has 0 radical (unpaired) electrons. The van der Waals surface area contributed by atoms with Crippen molar-refractivity contribution >= 4 is 32.5 Å². The summed E-state index contributed by atoms with van der Waals surface area (Å²) in [4.78, 5) is 0. The molecule has 0 spiro atoms. The molecule has 2 aromatic rings. The van der Waals surface area contributed by atoms with Crippen molar-refractivity contribution < 1.29 is 0 Å². The summed E-state index contributed by atoms with van der Waals surface area (Å²) in [6.07, 6.45) is 1.65. The van der Waals surface area contributed by atoms with Crippen LogP contribution in [0, 0.1) is 0 Å². The zero-order valence-corrected chi connectivity index (χ0v) is 7.75. The van der Waals surface area contributed by atoms with E-state index in [-0.39, 0.29) is 0 Å². The van der Waals surface area contributed by atoms with E-state index in [4.69, 9.17) is 5.73 Å². The Kier molecular flexibility index (Phi) is 1.69. The molecule has 0 aliphatic heterocycles. The lowest BCUT2D eigenvalue weighted by Gasteiger charge is -1.98. The van der Waals surface area contributed by atoms with Gasteiger partial charge in [0.25, 0.3) is 0 Å². The van der Waals surface area contributed by atoms with Gasteiger partial charge in [-0.3, -0.25) is 0 Å². The summed E-state index contributed by atoms with van der Waals surface area (Å²) in [7, 11) is 0.